The second kappa shape index (κ2) is 9.31. The van der Waals surface area contributed by atoms with Gasteiger partial charge in [0.2, 0.25) is 0 Å². The van der Waals surface area contributed by atoms with E-state index >= 15 is 0 Å². The Morgan fingerprint density at radius 3 is 2.44 bits per heavy atom. The summed E-state index contributed by atoms with van der Waals surface area (Å²) in [5.41, 5.74) is 4.72. The molecule has 3 aromatic rings. The largest absolute Gasteiger partial charge is 0.489 e. The summed E-state index contributed by atoms with van der Waals surface area (Å²) in [7, 11) is 0. The number of hydrogen-bond acceptors (Lipinski definition) is 4. The molecule has 27 heavy (non-hydrogen) atoms. The molecule has 1 atom stereocenters. The van der Waals surface area contributed by atoms with Crippen LogP contribution in [0.15, 0.2) is 90.0 Å². The average molecular weight is 360 g/mol. The van der Waals surface area contributed by atoms with Gasteiger partial charge in [-0.1, -0.05) is 72.8 Å². The number of carbonyl (C=O) groups is 1. The Morgan fingerprint density at radius 2 is 1.70 bits per heavy atom. The van der Waals surface area contributed by atoms with Gasteiger partial charge in [0.15, 0.2) is 6.10 Å². The predicted octanol–water partition coefficient (Wildman–Crippen LogP) is 3.45. The zero-order valence-electron chi connectivity index (χ0n) is 14.7. The number of ether oxygens (including phenoxy) is 1. The second-order valence-electron chi connectivity index (χ2n) is 5.89. The normalized spacial score (nSPS) is 11.9. The van der Waals surface area contributed by atoms with Crippen molar-refractivity contribution < 1.29 is 14.6 Å². The van der Waals surface area contributed by atoms with Gasteiger partial charge >= 0.3 is 0 Å². The molecule has 2 N–H and O–H groups in total. The van der Waals surface area contributed by atoms with Gasteiger partial charge in [0.1, 0.15) is 12.4 Å². The summed E-state index contributed by atoms with van der Waals surface area (Å²) in [6.45, 7) is 0.474. The molecule has 0 aliphatic rings. The van der Waals surface area contributed by atoms with Gasteiger partial charge in [0.05, 0.1) is 6.21 Å². The van der Waals surface area contributed by atoms with Crippen LogP contribution in [-0.2, 0) is 11.4 Å². The first kappa shape index (κ1) is 18.4. The Bertz CT molecular complexity index is 896. The number of aliphatic hydroxyl groups excluding tert-OH is 1. The standard InChI is InChI=1S/C22H20N2O3/c25-21(19-11-5-2-6-12-19)22(26)24-23-15-18-10-7-13-20(14-18)27-16-17-8-3-1-4-9-17/h1-15,21,25H,16H2,(H,24,26). The minimum absolute atomic E-state index is 0.474. The lowest BCUT2D eigenvalue weighted by Gasteiger charge is -2.08. The number of rotatable bonds is 7. The third kappa shape index (κ3) is 5.52. The van der Waals surface area contributed by atoms with Crippen molar-refractivity contribution in [1.29, 1.82) is 0 Å². The molecule has 0 saturated carbocycles. The topological polar surface area (TPSA) is 70.9 Å². The fraction of sp³-hybridized carbons (Fsp3) is 0.0909. The molecule has 0 radical (unpaired) electrons. The van der Waals surface area contributed by atoms with Gasteiger partial charge in [0.25, 0.3) is 5.91 Å². The molecule has 5 nitrogen and oxygen atoms in total. The summed E-state index contributed by atoms with van der Waals surface area (Å²) in [5.74, 6) is 0.118. The second-order valence-corrected chi connectivity index (χ2v) is 5.89. The molecule has 0 saturated heterocycles. The summed E-state index contributed by atoms with van der Waals surface area (Å²) in [6, 6.07) is 26.0. The van der Waals surface area contributed by atoms with Crippen molar-refractivity contribution in [2.24, 2.45) is 5.10 Å². The highest BCUT2D eigenvalue weighted by molar-refractivity contribution is 5.85. The van der Waals surface area contributed by atoms with Gasteiger partial charge in [-0.2, -0.15) is 5.10 Å². The molecule has 136 valence electrons. The summed E-state index contributed by atoms with van der Waals surface area (Å²) in [4.78, 5) is 12.0. The highest BCUT2D eigenvalue weighted by atomic mass is 16.5. The van der Waals surface area contributed by atoms with E-state index in [1.807, 2.05) is 60.7 Å². The zero-order valence-corrected chi connectivity index (χ0v) is 14.7. The fourth-order valence-electron chi connectivity index (χ4n) is 2.44. The summed E-state index contributed by atoms with van der Waals surface area (Å²) < 4.78 is 5.77. The van der Waals surface area contributed by atoms with Crippen molar-refractivity contribution in [2.75, 3.05) is 0 Å². The van der Waals surface area contributed by atoms with Crippen LogP contribution < -0.4 is 10.2 Å². The number of hydrogen-bond donors (Lipinski definition) is 2. The van der Waals surface area contributed by atoms with E-state index < -0.39 is 12.0 Å². The molecule has 0 heterocycles. The third-order valence-electron chi connectivity index (χ3n) is 3.86. The van der Waals surface area contributed by atoms with Crippen molar-refractivity contribution in [3.63, 3.8) is 0 Å². The molecule has 0 aliphatic heterocycles. The van der Waals surface area contributed by atoms with E-state index in [2.05, 4.69) is 10.5 Å². The highest BCUT2D eigenvalue weighted by Crippen LogP contribution is 2.14. The van der Waals surface area contributed by atoms with Gasteiger partial charge in [0, 0.05) is 0 Å². The molecule has 0 bridgehead atoms. The Morgan fingerprint density at radius 1 is 1.00 bits per heavy atom. The molecule has 0 fully saturated rings. The van der Waals surface area contributed by atoms with E-state index in [1.165, 1.54) is 6.21 Å². The van der Waals surface area contributed by atoms with E-state index in [1.54, 1.807) is 24.3 Å². The molecular weight excluding hydrogens is 340 g/mol. The summed E-state index contributed by atoms with van der Waals surface area (Å²) in [6.07, 6.45) is 0.245. The van der Waals surface area contributed by atoms with E-state index in [0.29, 0.717) is 17.9 Å². The lowest BCUT2D eigenvalue weighted by atomic mass is 10.1. The number of benzene rings is 3. The van der Waals surface area contributed by atoms with Crippen molar-refractivity contribution in [1.82, 2.24) is 5.43 Å². The SMILES string of the molecule is O=C(NN=Cc1cccc(OCc2ccccc2)c1)C(O)c1ccccc1. The minimum Gasteiger partial charge on any atom is -0.489 e. The first-order valence-electron chi connectivity index (χ1n) is 8.55. The Kier molecular flexibility index (Phi) is 6.33. The van der Waals surface area contributed by atoms with E-state index in [4.69, 9.17) is 4.74 Å². The third-order valence-corrected chi connectivity index (χ3v) is 3.86. The van der Waals surface area contributed by atoms with Crippen molar-refractivity contribution >= 4 is 12.1 Å². The maximum absolute atomic E-state index is 12.0. The zero-order chi connectivity index (χ0) is 18.9. The molecule has 1 amide bonds. The molecule has 3 aromatic carbocycles. The summed E-state index contributed by atoms with van der Waals surface area (Å²) >= 11 is 0. The molecule has 3 rings (SSSR count). The van der Waals surface area contributed by atoms with E-state index in [-0.39, 0.29) is 0 Å². The number of nitrogens with zero attached hydrogens (tertiary/aromatic N) is 1. The van der Waals surface area contributed by atoms with E-state index in [0.717, 1.165) is 11.1 Å². The molecular formula is C22H20N2O3. The number of aliphatic hydroxyl groups is 1. The monoisotopic (exact) mass is 360 g/mol. The van der Waals surface area contributed by atoms with Crippen molar-refractivity contribution in [3.05, 3.63) is 102 Å². The minimum atomic E-state index is -1.26. The quantitative estimate of drug-likeness (QED) is 0.501. The van der Waals surface area contributed by atoms with Gasteiger partial charge in [-0.25, -0.2) is 5.43 Å². The van der Waals surface area contributed by atoms with E-state index in [9.17, 15) is 9.90 Å². The highest BCUT2D eigenvalue weighted by Gasteiger charge is 2.15. The van der Waals surface area contributed by atoms with Crippen LogP contribution in [0.5, 0.6) is 5.75 Å². The maximum atomic E-state index is 12.0. The molecule has 0 aromatic heterocycles. The number of hydrazone groups is 1. The van der Waals surface area contributed by atoms with Crippen LogP contribution >= 0.6 is 0 Å². The van der Waals surface area contributed by atoms with Crippen LogP contribution in [0.1, 0.15) is 22.8 Å². The van der Waals surface area contributed by atoms with Crippen LogP contribution in [0.2, 0.25) is 0 Å². The first-order valence-corrected chi connectivity index (χ1v) is 8.55. The molecule has 0 spiro atoms. The van der Waals surface area contributed by atoms with Crippen LogP contribution in [0, 0.1) is 0 Å². The average Bonchev–Trinajstić information content (AvgIpc) is 2.73. The van der Waals surface area contributed by atoms with Crippen molar-refractivity contribution in [2.45, 2.75) is 12.7 Å². The van der Waals surface area contributed by atoms with Gasteiger partial charge in [-0.05, 0) is 28.8 Å². The first-order chi connectivity index (χ1) is 13.2. The van der Waals surface area contributed by atoms with Crippen LogP contribution in [0.3, 0.4) is 0 Å². The predicted molar refractivity (Wildman–Crippen MR) is 104 cm³/mol. The van der Waals surface area contributed by atoms with Crippen molar-refractivity contribution in [3.8, 4) is 5.75 Å². The van der Waals surface area contributed by atoms with Gasteiger partial charge < -0.3 is 9.84 Å². The Hall–Kier alpha value is -3.44. The van der Waals surface area contributed by atoms with Gasteiger partial charge in [-0.15, -0.1) is 0 Å². The molecule has 5 heteroatoms. The summed E-state index contributed by atoms with van der Waals surface area (Å²) in [5, 5.41) is 13.9. The number of nitrogens with one attached hydrogen (secondary N) is 1. The van der Waals surface area contributed by atoms with Gasteiger partial charge in [-0.3, -0.25) is 4.79 Å². The number of amides is 1. The smallest absolute Gasteiger partial charge is 0.273 e. The lowest BCUT2D eigenvalue weighted by Crippen LogP contribution is -2.25. The molecule has 1 unspecified atom stereocenters. The Labute approximate surface area is 157 Å². The lowest BCUT2D eigenvalue weighted by molar-refractivity contribution is -0.129. The number of carbonyl (C=O) groups excluding carboxylic acids is 1. The Balaban J connectivity index is 1.55. The molecule has 0 aliphatic carbocycles. The van der Waals surface area contributed by atoms with Crippen LogP contribution in [-0.4, -0.2) is 17.2 Å². The fourth-order valence-corrected chi connectivity index (χ4v) is 2.44. The van der Waals surface area contributed by atoms with Crippen LogP contribution in [0.25, 0.3) is 0 Å². The maximum Gasteiger partial charge on any atom is 0.273 e. The van der Waals surface area contributed by atoms with Crippen LogP contribution in [0.4, 0.5) is 0 Å².